The molecule has 0 aliphatic heterocycles. The Kier molecular flexibility index (Phi) is 7.19. The molecule has 2 aromatic rings. The van der Waals surface area contributed by atoms with Gasteiger partial charge in [0.25, 0.3) is 0 Å². The van der Waals surface area contributed by atoms with Crippen molar-refractivity contribution < 1.29 is 9.53 Å². The SMILES string of the molecule is Cc1ccc(SCCC(=O)NCCOc2ccc(C)c(C)c2)cc1. The van der Waals surface area contributed by atoms with Crippen LogP contribution in [0.3, 0.4) is 0 Å². The van der Waals surface area contributed by atoms with Gasteiger partial charge in [0.2, 0.25) is 5.91 Å². The molecule has 3 nitrogen and oxygen atoms in total. The monoisotopic (exact) mass is 343 g/mol. The summed E-state index contributed by atoms with van der Waals surface area (Å²) in [6.07, 6.45) is 0.516. The lowest BCUT2D eigenvalue weighted by atomic mass is 10.1. The van der Waals surface area contributed by atoms with Gasteiger partial charge in [-0.15, -0.1) is 11.8 Å². The molecule has 0 saturated heterocycles. The minimum atomic E-state index is 0.0679. The summed E-state index contributed by atoms with van der Waals surface area (Å²) in [5.74, 6) is 1.70. The van der Waals surface area contributed by atoms with Gasteiger partial charge in [-0.05, 0) is 56.2 Å². The molecule has 2 aromatic carbocycles. The average Bonchev–Trinajstić information content (AvgIpc) is 2.56. The number of carbonyl (C=O) groups excluding carboxylic acids is 1. The first-order valence-electron chi connectivity index (χ1n) is 8.21. The fraction of sp³-hybridized carbons (Fsp3) is 0.350. The maximum absolute atomic E-state index is 11.8. The van der Waals surface area contributed by atoms with Crippen molar-refractivity contribution in [2.24, 2.45) is 0 Å². The lowest BCUT2D eigenvalue weighted by molar-refractivity contribution is -0.120. The Balaban J connectivity index is 1.59. The summed E-state index contributed by atoms with van der Waals surface area (Å²) in [5.41, 5.74) is 3.72. The third-order valence-corrected chi connectivity index (χ3v) is 4.80. The van der Waals surface area contributed by atoms with Crippen LogP contribution >= 0.6 is 11.8 Å². The summed E-state index contributed by atoms with van der Waals surface area (Å²) in [5, 5.41) is 2.90. The van der Waals surface area contributed by atoms with Crippen molar-refractivity contribution in [3.63, 3.8) is 0 Å². The first-order chi connectivity index (χ1) is 11.5. The maximum atomic E-state index is 11.8. The quantitative estimate of drug-likeness (QED) is 0.574. The molecule has 0 aromatic heterocycles. The van der Waals surface area contributed by atoms with E-state index in [1.165, 1.54) is 21.6 Å². The van der Waals surface area contributed by atoms with Crippen LogP contribution in [0.5, 0.6) is 5.75 Å². The fourth-order valence-electron chi connectivity index (χ4n) is 2.15. The highest BCUT2D eigenvalue weighted by molar-refractivity contribution is 7.99. The Bertz CT molecular complexity index is 668. The van der Waals surface area contributed by atoms with E-state index in [-0.39, 0.29) is 5.91 Å². The average molecular weight is 343 g/mol. The second kappa shape index (κ2) is 9.38. The van der Waals surface area contributed by atoms with Gasteiger partial charge in [-0.25, -0.2) is 0 Å². The van der Waals surface area contributed by atoms with E-state index >= 15 is 0 Å². The summed E-state index contributed by atoms with van der Waals surface area (Å²) >= 11 is 1.70. The van der Waals surface area contributed by atoms with E-state index in [1.807, 2.05) is 18.2 Å². The molecule has 0 aliphatic rings. The van der Waals surface area contributed by atoms with Crippen LogP contribution in [0, 0.1) is 20.8 Å². The number of carbonyl (C=O) groups is 1. The molecule has 0 bridgehead atoms. The van der Waals surface area contributed by atoms with Crippen LogP contribution in [0.15, 0.2) is 47.4 Å². The molecule has 0 atom stereocenters. The van der Waals surface area contributed by atoms with Crippen molar-refractivity contribution in [3.05, 3.63) is 59.2 Å². The molecular formula is C20H25NO2S. The van der Waals surface area contributed by atoms with Crippen molar-refractivity contribution in [2.45, 2.75) is 32.1 Å². The molecule has 0 unspecified atom stereocenters. The Hall–Kier alpha value is -1.94. The zero-order chi connectivity index (χ0) is 17.4. The van der Waals surface area contributed by atoms with Crippen LogP contribution in [0.25, 0.3) is 0 Å². The van der Waals surface area contributed by atoms with E-state index in [1.54, 1.807) is 11.8 Å². The van der Waals surface area contributed by atoms with Crippen LogP contribution in [-0.2, 0) is 4.79 Å². The van der Waals surface area contributed by atoms with Crippen molar-refractivity contribution in [1.29, 1.82) is 0 Å². The summed E-state index contributed by atoms with van der Waals surface area (Å²) in [6.45, 7) is 7.23. The maximum Gasteiger partial charge on any atom is 0.220 e. The van der Waals surface area contributed by atoms with E-state index in [9.17, 15) is 4.79 Å². The number of aryl methyl sites for hydroxylation is 3. The molecule has 0 aliphatic carbocycles. The van der Waals surface area contributed by atoms with Crippen LogP contribution in [0.1, 0.15) is 23.1 Å². The molecule has 4 heteroatoms. The van der Waals surface area contributed by atoms with Crippen LogP contribution in [0.2, 0.25) is 0 Å². The van der Waals surface area contributed by atoms with Crippen molar-refractivity contribution in [3.8, 4) is 5.75 Å². The molecule has 24 heavy (non-hydrogen) atoms. The minimum Gasteiger partial charge on any atom is -0.492 e. The van der Waals surface area contributed by atoms with Gasteiger partial charge in [0.15, 0.2) is 0 Å². The molecule has 1 amide bonds. The number of amides is 1. The number of thioether (sulfide) groups is 1. The molecule has 1 N–H and O–H groups in total. The highest BCUT2D eigenvalue weighted by Gasteiger charge is 2.02. The number of hydrogen-bond donors (Lipinski definition) is 1. The van der Waals surface area contributed by atoms with Crippen molar-refractivity contribution in [1.82, 2.24) is 5.32 Å². The van der Waals surface area contributed by atoms with Crippen LogP contribution in [0.4, 0.5) is 0 Å². The predicted molar refractivity (Wildman–Crippen MR) is 101 cm³/mol. The highest BCUT2D eigenvalue weighted by atomic mass is 32.2. The summed E-state index contributed by atoms with van der Waals surface area (Å²) in [6, 6.07) is 14.4. The zero-order valence-electron chi connectivity index (χ0n) is 14.6. The number of hydrogen-bond acceptors (Lipinski definition) is 3. The molecule has 0 saturated carbocycles. The summed E-state index contributed by atoms with van der Waals surface area (Å²) in [4.78, 5) is 13.0. The fourth-order valence-corrected chi connectivity index (χ4v) is 3.00. The Morgan fingerprint density at radius 3 is 2.50 bits per heavy atom. The van der Waals surface area contributed by atoms with Gasteiger partial charge in [-0.3, -0.25) is 4.79 Å². The third-order valence-electron chi connectivity index (χ3n) is 3.79. The van der Waals surface area contributed by atoms with Gasteiger partial charge >= 0.3 is 0 Å². The molecule has 128 valence electrons. The number of nitrogens with one attached hydrogen (secondary N) is 1. The number of ether oxygens (including phenoxy) is 1. The van der Waals surface area contributed by atoms with E-state index < -0.39 is 0 Å². The van der Waals surface area contributed by atoms with Gasteiger partial charge in [-0.1, -0.05) is 23.8 Å². The first kappa shape index (κ1) is 18.4. The van der Waals surface area contributed by atoms with Gasteiger partial charge in [0, 0.05) is 17.1 Å². The molecule has 2 rings (SSSR count). The zero-order valence-corrected chi connectivity index (χ0v) is 15.4. The second-order valence-corrected chi connectivity index (χ2v) is 7.02. The van der Waals surface area contributed by atoms with Gasteiger partial charge in [0.1, 0.15) is 12.4 Å². The lowest BCUT2D eigenvalue weighted by Crippen LogP contribution is -2.28. The molecule has 0 heterocycles. The summed E-state index contributed by atoms with van der Waals surface area (Å²) in [7, 11) is 0. The molecule has 0 fully saturated rings. The smallest absolute Gasteiger partial charge is 0.220 e. The van der Waals surface area contributed by atoms with Crippen LogP contribution in [-0.4, -0.2) is 24.8 Å². The predicted octanol–water partition coefficient (Wildman–Crippen LogP) is 4.29. The minimum absolute atomic E-state index is 0.0679. The van der Waals surface area contributed by atoms with Crippen LogP contribution < -0.4 is 10.1 Å². The van der Waals surface area contributed by atoms with E-state index in [0.29, 0.717) is 19.6 Å². The van der Waals surface area contributed by atoms with Gasteiger partial charge in [-0.2, -0.15) is 0 Å². The largest absolute Gasteiger partial charge is 0.492 e. The number of benzene rings is 2. The van der Waals surface area contributed by atoms with Crippen molar-refractivity contribution in [2.75, 3.05) is 18.9 Å². The number of rotatable bonds is 8. The molecular weight excluding hydrogens is 318 g/mol. The standard InChI is InChI=1S/C20H25NO2S/c1-15-4-8-19(9-5-15)24-13-10-20(22)21-11-12-23-18-7-6-16(2)17(3)14-18/h4-9,14H,10-13H2,1-3H3,(H,21,22). The van der Waals surface area contributed by atoms with E-state index in [4.69, 9.17) is 4.74 Å². The first-order valence-corrected chi connectivity index (χ1v) is 9.19. The van der Waals surface area contributed by atoms with E-state index in [2.05, 4.69) is 50.4 Å². The Labute approximate surface area is 148 Å². The van der Waals surface area contributed by atoms with E-state index in [0.717, 1.165) is 11.5 Å². The van der Waals surface area contributed by atoms with Gasteiger partial charge < -0.3 is 10.1 Å². The summed E-state index contributed by atoms with van der Waals surface area (Å²) < 4.78 is 5.66. The molecule has 0 spiro atoms. The highest BCUT2D eigenvalue weighted by Crippen LogP contribution is 2.19. The Morgan fingerprint density at radius 2 is 1.79 bits per heavy atom. The van der Waals surface area contributed by atoms with Gasteiger partial charge in [0.05, 0.1) is 6.54 Å². The Morgan fingerprint density at radius 1 is 1.04 bits per heavy atom. The second-order valence-electron chi connectivity index (χ2n) is 5.86. The van der Waals surface area contributed by atoms with Crippen molar-refractivity contribution >= 4 is 17.7 Å². The lowest BCUT2D eigenvalue weighted by Gasteiger charge is -2.09. The molecule has 0 radical (unpaired) electrons. The normalized spacial score (nSPS) is 10.5. The topological polar surface area (TPSA) is 38.3 Å². The third kappa shape index (κ3) is 6.28.